The molecule has 2 bridgehead atoms. The van der Waals surface area contributed by atoms with Gasteiger partial charge in [-0.2, -0.15) is 5.10 Å². The van der Waals surface area contributed by atoms with Gasteiger partial charge >= 0.3 is 0 Å². The number of methoxy groups -OCH3 is 1. The Labute approximate surface area is 130 Å². The summed E-state index contributed by atoms with van der Waals surface area (Å²) in [5.74, 6) is 1.45. The van der Waals surface area contributed by atoms with Gasteiger partial charge in [0.25, 0.3) is 0 Å². The number of rotatable bonds is 2. The highest BCUT2D eigenvalue weighted by Crippen LogP contribution is 2.36. The van der Waals surface area contributed by atoms with Crippen molar-refractivity contribution >= 4 is 11.6 Å². The number of hydrogen-bond acceptors (Lipinski definition) is 3. The van der Waals surface area contributed by atoms with Crippen LogP contribution in [0.1, 0.15) is 31.4 Å². The molecule has 0 aliphatic carbocycles. The summed E-state index contributed by atoms with van der Waals surface area (Å²) in [5.41, 5.74) is 2.41. The van der Waals surface area contributed by atoms with Gasteiger partial charge in [-0.1, -0.05) is 12.1 Å². The first kappa shape index (κ1) is 13.8. The molecule has 4 aliphatic rings. The van der Waals surface area contributed by atoms with Gasteiger partial charge in [-0.15, -0.1) is 0 Å². The van der Waals surface area contributed by atoms with Crippen molar-refractivity contribution in [1.29, 1.82) is 0 Å². The molecule has 1 N–H and O–H groups in total. The van der Waals surface area contributed by atoms with Crippen LogP contribution in [0.4, 0.5) is 0 Å². The number of benzene rings is 1. The Morgan fingerprint density at radius 1 is 1.27 bits per heavy atom. The minimum absolute atomic E-state index is 0.0303. The molecular weight excluding hydrogens is 278 g/mol. The van der Waals surface area contributed by atoms with Crippen molar-refractivity contribution in [3.8, 4) is 5.75 Å². The Hall–Kier alpha value is -1.88. The number of amides is 1. The van der Waals surface area contributed by atoms with Gasteiger partial charge in [-0.25, -0.2) is 5.01 Å². The maximum atomic E-state index is 12.1. The van der Waals surface area contributed by atoms with Crippen LogP contribution in [0.15, 0.2) is 29.4 Å². The number of hydrogen-bond donors (Lipinski definition) is 1. The number of fused-ring (bicyclic) bond motifs is 2. The molecule has 4 heterocycles. The number of piperidine rings is 3. The predicted octanol–water partition coefficient (Wildman–Crippen LogP) is 0.631. The average Bonchev–Trinajstić information content (AvgIpc) is 2.99. The molecule has 2 atom stereocenters. The Balaban J connectivity index is 1.74. The van der Waals surface area contributed by atoms with Crippen LogP contribution in [0, 0.1) is 5.92 Å². The summed E-state index contributed by atoms with van der Waals surface area (Å²) < 4.78 is 5.25. The standard InChI is InChI=1S/C17H21N3O2/c1-11(21)20-16(13-3-5-14(22-2)6-4-13)17-15(18-20)12-7-9-19(17)10-8-12/h3-6,12,16-17H,7-10H2,1-2H3/p+1/t16-,17-/m1/s1. The third kappa shape index (κ3) is 1.96. The second kappa shape index (κ2) is 5.09. The van der Waals surface area contributed by atoms with Gasteiger partial charge in [-0.3, -0.25) is 4.79 Å². The maximum absolute atomic E-state index is 12.1. The molecule has 3 fully saturated rings. The highest BCUT2D eigenvalue weighted by Gasteiger charge is 2.53. The molecule has 22 heavy (non-hydrogen) atoms. The van der Waals surface area contributed by atoms with E-state index in [1.807, 2.05) is 12.1 Å². The van der Waals surface area contributed by atoms with Gasteiger partial charge < -0.3 is 9.64 Å². The first-order valence-corrected chi connectivity index (χ1v) is 8.05. The highest BCUT2D eigenvalue weighted by molar-refractivity contribution is 5.95. The average molecular weight is 300 g/mol. The molecule has 116 valence electrons. The van der Waals surface area contributed by atoms with E-state index in [9.17, 15) is 4.79 Å². The van der Waals surface area contributed by atoms with E-state index in [1.165, 1.54) is 31.6 Å². The van der Waals surface area contributed by atoms with Crippen LogP contribution >= 0.6 is 0 Å². The van der Waals surface area contributed by atoms with E-state index >= 15 is 0 Å². The maximum Gasteiger partial charge on any atom is 0.240 e. The van der Waals surface area contributed by atoms with Crippen molar-refractivity contribution in [3.05, 3.63) is 29.8 Å². The second-order valence-corrected chi connectivity index (χ2v) is 6.52. The molecule has 0 spiro atoms. The van der Waals surface area contributed by atoms with Crippen molar-refractivity contribution in [2.75, 3.05) is 20.2 Å². The summed E-state index contributed by atoms with van der Waals surface area (Å²) in [6.45, 7) is 4.02. The zero-order chi connectivity index (χ0) is 15.3. The van der Waals surface area contributed by atoms with Crippen molar-refractivity contribution in [3.63, 3.8) is 0 Å². The zero-order valence-electron chi connectivity index (χ0n) is 13.1. The molecule has 1 amide bonds. The molecule has 0 aromatic heterocycles. The monoisotopic (exact) mass is 300 g/mol. The van der Waals surface area contributed by atoms with Gasteiger partial charge in [-0.05, 0) is 17.7 Å². The normalized spacial score (nSPS) is 32.6. The molecule has 0 saturated carbocycles. The lowest BCUT2D eigenvalue weighted by Gasteiger charge is -2.42. The lowest BCUT2D eigenvalue weighted by Crippen LogP contribution is -3.20. The number of hydrazone groups is 1. The van der Waals surface area contributed by atoms with Crippen LogP contribution in [0.25, 0.3) is 0 Å². The Morgan fingerprint density at radius 3 is 2.55 bits per heavy atom. The first-order chi connectivity index (χ1) is 10.7. The van der Waals surface area contributed by atoms with Gasteiger partial charge in [0.2, 0.25) is 5.91 Å². The molecule has 5 nitrogen and oxygen atoms in total. The molecule has 1 aromatic carbocycles. The summed E-state index contributed by atoms with van der Waals surface area (Å²) in [4.78, 5) is 13.7. The van der Waals surface area contributed by atoms with Gasteiger partial charge in [0.05, 0.1) is 20.2 Å². The van der Waals surface area contributed by atoms with Crippen molar-refractivity contribution in [2.24, 2.45) is 11.0 Å². The van der Waals surface area contributed by atoms with Crippen molar-refractivity contribution < 1.29 is 14.4 Å². The summed E-state index contributed by atoms with van der Waals surface area (Å²) in [5, 5.41) is 6.45. The molecular formula is C17H22N3O2+. The third-order valence-corrected chi connectivity index (χ3v) is 5.39. The van der Waals surface area contributed by atoms with E-state index in [0.717, 1.165) is 11.3 Å². The summed E-state index contributed by atoms with van der Waals surface area (Å²) >= 11 is 0. The topological polar surface area (TPSA) is 46.3 Å². The molecule has 0 radical (unpaired) electrons. The van der Waals surface area contributed by atoms with E-state index < -0.39 is 0 Å². The lowest BCUT2D eigenvalue weighted by molar-refractivity contribution is -0.927. The quantitative estimate of drug-likeness (QED) is 0.871. The van der Waals surface area contributed by atoms with E-state index in [-0.39, 0.29) is 11.9 Å². The third-order valence-electron chi connectivity index (χ3n) is 5.39. The number of carbonyl (C=O) groups is 1. The van der Waals surface area contributed by atoms with Crippen LogP contribution in [-0.4, -0.2) is 42.9 Å². The number of nitrogens with one attached hydrogen (secondary N) is 1. The largest absolute Gasteiger partial charge is 0.497 e. The minimum Gasteiger partial charge on any atom is -0.497 e. The lowest BCUT2D eigenvalue weighted by atomic mass is 9.78. The van der Waals surface area contributed by atoms with E-state index in [0.29, 0.717) is 12.0 Å². The Kier molecular flexibility index (Phi) is 3.18. The Morgan fingerprint density at radius 2 is 1.95 bits per heavy atom. The van der Waals surface area contributed by atoms with Gasteiger partial charge in [0.15, 0.2) is 6.04 Å². The molecule has 1 aromatic rings. The Bertz CT molecular complexity index is 617. The first-order valence-electron chi connectivity index (χ1n) is 8.05. The van der Waals surface area contributed by atoms with E-state index in [2.05, 4.69) is 12.1 Å². The molecule has 3 saturated heterocycles. The smallest absolute Gasteiger partial charge is 0.240 e. The van der Waals surface area contributed by atoms with Crippen LogP contribution in [0.2, 0.25) is 0 Å². The second-order valence-electron chi connectivity index (χ2n) is 6.52. The van der Waals surface area contributed by atoms with Gasteiger partial charge in [0.1, 0.15) is 17.5 Å². The van der Waals surface area contributed by atoms with Crippen molar-refractivity contribution in [1.82, 2.24) is 5.01 Å². The number of carbonyl (C=O) groups excluding carboxylic acids is 1. The highest BCUT2D eigenvalue weighted by atomic mass is 16.5. The summed E-state index contributed by atoms with van der Waals surface area (Å²) in [6.07, 6.45) is 2.43. The van der Waals surface area contributed by atoms with Crippen LogP contribution in [0.3, 0.4) is 0 Å². The van der Waals surface area contributed by atoms with Crippen LogP contribution in [0.5, 0.6) is 5.75 Å². The minimum atomic E-state index is 0.0303. The SMILES string of the molecule is COc1ccc([C@@H]2[C@H]3C(=NN2C(C)=O)C2CC[NH+]3CC2)cc1. The fourth-order valence-corrected chi connectivity index (χ4v) is 4.32. The predicted molar refractivity (Wildman–Crippen MR) is 82.9 cm³/mol. The zero-order valence-corrected chi connectivity index (χ0v) is 13.1. The van der Waals surface area contributed by atoms with E-state index in [4.69, 9.17) is 9.84 Å². The van der Waals surface area contributed by atoms with Crippen LogP contribution < -0.4 is 9.64 Å². The molecule has 4 aliphatic heterocycles. The molecule has 5 heteroatoms. The molecule has 5 rings (SSSR count). The van der Waals surface area contributed by atoms with Gasteiger partial charge in [0, 0.05) is 25.7 Å². The number of nitrogens with zero attached hydrogens (tertiary/aromatic N) is 2. The fourth-order valence-electron chi connectivity index (χ4n) is 4.32. The summed E-state index contributed by atoms with van der Waals surface area (Å²) in [7, 11) is 1.67. The molecule has 0 unspecified atom stereocenters. The number of quaternary nitrogens is 1. The summed E-state index contributed by atoms with van der Waals surface area (Å²) in [6, 6.07) is 8.46. The van der Waals surface area contributed by atoms with Crippen molar-refractivity contribution in [2.45, 2.75) is 31.8 Å². The van der Waals surface area contributed by atoms with Crippen LogP contribution in [-0.2, 0) is 4.79 Å². The number of ether oxygens (including phenoxy) is 1. The van der Waals surface area contributed by atoms with E-state index in [1.54, 1.807) is 23.9 Å². The fraction of sp³-hybridized carbons (Fsp3) is 0.529.